The van der Waals surface area contributed by atoms with Crippen molar-refractivity contribution in [1.82, 2.24) is 20.3 Å². The van der Waals surface area contributed by atoms with Gasteiger partial charge in [0.1, 0.15) is 17.8 Å². The third-order valence-electron chi connectivity index (χ3n) is 4.17. The Labute approximate surface area is 140 Å². The highest BCUT2D eigenvalue weighted by Gasteiger charge is 2.49. The number of hydrogen-bond acceptors (Lipinski definition) is 5. The fraction of sp³-hybridized carbons (Fsp3) is 0.412. The molecule has 1 heterocycles. The molecule has 24 heavy (non-hydrogen) atoms. The number of para-hydroxylation sites is 1. The molecule has 0 radical (unpaired) electrons. The molecule has 0 unspecified atom stereocenters. The van der Waals surface area contributed by atoms with E-state index in [-0.39, 0.29) is 18.4 Å². The summed E-state index contributed by atoms with van der Waals surface area (Å²) in [7, 11) is 0. The molecular formula is C17H20N4O3. The van der Waals surface area contributed by atoms with Crippen LogP contribution in [-0.4, -0.2) is 32.4 Å². The minimum absolute atomic E-state index is 0.0214. The number of esters is 1. The lowest BCUT2D eigenvalue weighted by Crippen LogP contribution is -2.54. The van der Waals surface area contributed by atoms with Crippen molar-refractivity contribution in [3.8, 4) is 5.69 Å². The van der Waals surface area contributed by atoms with Crippen molar-refractivity contribution in [3.05, 3.63) is 42.2 Å². The molecule has 1 aromatic heterocycles. The van der Waals surface area contributed by atoms with Gasteiger partial charge in [-0.25, -0.2) is 9.48 Å². The molecule has 1 aliphatic carbocycles. The normalized spacial score (nSPS) is 16.2. The highest BCUT2D eigenvalue weighted by molar-refractivity contribution is 5.87. The predicted molar refractivity (Wildman–Crippen MR) is 86.1 cm³/mol. The number of nitrogens with zero attached hydrogens (tertiary/aromatic N) is 3. The second-order valence-electron chi connectivity index (χ2n) is 6.22. The topological polar surface area (TPSA) is 86.1 Å². The zero-order valence-corrected chi connectivity index (χ0v) is 13.7. The van der Waals surface area contributed by atoms with E-state index in [1.807, 2.05) is 30.3 Å². The van der Waals surface area contributed by atoms with Crippen LogP contribution >= 0.6 is 0 Å². The molecule has 0 spiro atoms. The summed E-state index contributed by atoms with van der Waals surface area (Å²) in [5.74, 6) is -0.542. The van der Waals surface area contributed by atoms with Gasteiger partial charge in [-0.05, 0) is 37.8 Å². The van der Waals surface area contributed by atoms with E-state index in [9.17, 15) is 9.59 Å². The van der Waals surface area contributed by atoms with Gasteiger partial charge in [-0.3, -0.25) is 4.79 Å². The number of carbonyl (C=O) groups is 2. The van der Waals surface area contributed by atoms with Crippen molar-refractivity contribution in [2.45, 2.75) is 38.8 Å². The first-order chi connectivity index (χ1) is 11.5. The molecule has 7 heteroatoms. The van der Waals surface area contributed by atoms with E-state index in [1.54, 1.807) is 17.8 Å². The Balaban J connectivity index is 1.64. The molecule has 1 fully saturated rings. The molecule has 0 bridgehead atoms. The molecule has 0 aliphatic heterocycles. The van der Waals surface area contributed by atoms with Crippen LogP contribution in [0.1, 0.15) is 32.4 Å². The number of benzene rings is 1. The molecule has 0 saturated heterocycles. The van der Waals surface area contributed by atoms with Crippen LogP contribution in [0.2, 0.25) is 0 Å². The number of ether oxygens (including phenoxy) is 1. The smallest absolute Gasteiger partial charge is 0.332 e. The maximum absolute atomic E-state index is 12.4. The van der Waals surface area contributed by atoms with Crippen LogP contribution in [0.15, 0.2) is 36.5 Å². The van der Waals surface area contributed by atoms with Crippen molar-refractivity contribution in [1.29, 1.82) is 0 Å². The zero-order valence-electron chi connectivity index (χ0n) is 13.7. The monoisotopic (exact) mass is 328 g/mol. The van der Waals surface area contributed by atoms with Gasteiger partial charge in [0.05, 0.1) is 11.9 Å². The summed E-state index contributed by atoms with van der Waals surface area (Å²) in [6, 6.07) is 9.55. The van der Waals surface area contributed by atoms with Crippen molar-refractivity contribution in [2.24, 2.45) is 5.92 Å². The van der Waals surface area contributed by atoms with E-state index in [2.05, 4.69) is 15.6 Å². The van der Waals surface area contributed by atoms with Crippen LogP contribution in [0, 0.1) is 5.92 Å². The summed E-state index contributed by atoms with van der Waals surface area (Å²) in [6.45, 7) is 3.14. The lowest BCUT2D eigenvalue weighted by Gasteiger charge is -2.27. The van der Waals surface area contributed by atoms with E-state index in [0.29, 0.717) is 5.69 Å². The van der Waals surface area contributed by atoms with Gasteiger partial charge in [-0.1, -0.05) is 23.4 Å². The lowest BCUT2D eigenvalue weighted by molar-refractivity contribution is -0.155. The lowest BCUT2D eigenvalue weighted by atomic mass is 9.96. The minimum atomic E-state index is -0.971. The number of rotatable bonds is 6. The fourth-order valence-corrected chi connectivity index (χ4v) is 2.71. The maximum atomic E-state index is 12.4. The zero-order chi connectivity index (χ0) is 17.2. The fourth-order valence-electron chi connectivity index (χ4n) is 2.71. The quantitative estimate of drug-likeness (QED) is 0.814. The van der Waals surface area contributed by atoms with Crippen molar-refractivity contribution < 1.29 is 14.3 Å². The second kappa shape index (κ2) is 6.43. The van der Waals surface area contributed by atoms with Crippen LogP contribution in [-0.2, 0) is 20.9 Å². The molecule has 1 aromatic carbocycles. The van der Waals surface area contributed by atoms with Gasteiger partial charge in [-0.15, -0.1) is 5.10 Å². The molecule has 1 atom stereocenters. The Morgan fingerprint density at radius 1 is 1.33 bits per heavy atom. The minimum Gasteiger partial charge on any atom is -0.457 e. The number of carbonyl (C=O) groups excluding carboxylic acids is 2. The third kappa shape index (κ3) is 3.45. The van der Waals surface area contributed by atoms with Crippen LogP contribution in [0.25, 0.3) is 5.69 Å². The Morgan fingerprint density at radius 3 is 2.67 bits per heavy atom. The molecule has 3 rings (SSSR count). The van der Waals surface area contributed by atoms with Crippen LogP contribution in [0.5, 0.6) is 0 Å². The van der Waals surface area contributed by atoms with Gasteiger partial charge in [0.2, 0.25) is 5.91 Å². The van der Waals surface area contributed by atoms with E-state index in [0.717, 1.165) is 18.5 Å². The summed E-state index contributed by atoms with van der Waals surface area (Å²) in [6.07, 6.45) is 3.54. The molecule has 1 N–H and O–H groups in total. The summed E-state index contributed by atoms with van der Waals surface area (Å²) >= 11 is 0. The first-order valence-corrected chi connectivity index (χ1v) is 7.91. The summed E-state index contributed by atoms with van der Waals surface area (Å²) in [5.41, 5.74) is 0.457. The first kappa shape index (κ1) is 16.2. The molecule has 7 nitrogen and oxygen atoms in total. The van der Waals surface area contributed by atoms with Crippen molar-refractivity contribution in [3.63, 3.8) is 0 Å². The van der Waals surface area contributed by atoms with Gasteiger partial charge in [0.25, 0.3) is 0 Å². The van der Waals surface area contributed by atoms with Gasteiger partial charge in [0, 0.05) is 6.92 Å². The third-order valence-corrected chi connectivity index (χ3v) is 4.17. The van der Waals surface area contributed by atoms with Crippen LogP contribution in [0.4, 0.5) is 0 Å². The van der Waals surface area contributed by atoms with E-state index in [1.165, 1.54) is 6.92 Å². The number of aromatic nitrogens is 3. The van der Waals surface area contributed by atoms with E-state index >= 15 is 0 Å². The van der Waals surface area contributed by atoms with Crippen LogP contribution < -0.4 is 5.32 Å². The summed E-state index contributed by atoms with van der Waals surface area (Å²) in [4.78, 5) is 23.8. The SMILES string of the molecule is CC(=O)N[C@](C)(C(=O)OCc1cn(-c2ccccc2)nn1)C1CC1. The Morgan fingerprint density at radius 2 is 2.04 bits per heavy atom. The van der Waals surface area contributed by atoms with Gasteiger partial charge >= 0.3 is 5.97 Å². The van der Waals surface area contributed by atoms with Gasteiger partial charge in [0.15, 0.2) is 0 Å². The Bertz CT molecular complexity index is 739. The predicted octanol–water partition coefficient (Wildman–Crippen LogP) is 1.62. The standard InChI is InChI=1S/C17H20N4O3/c1-12(22)18-17(2,13-8-9-13)16(23)24-11-14-10-21(20-19-14)15-6-4-3-5-7-15/h3-7,10,13H,8-9,11H2,1-2H3,(H,18,22)/t17-/m0/s1. The summed E-state index contributed by atoms with van der Waals surface area (Å²) in [5, 5.41) is 10.8. The number of nitrogens with one attached hydrogen (secondary N) is 1. The van der Waals surface area contributed by atoms with Crippen LogP contribution in [0.3, 0.4) is 0 Å². The highest BCUT2D eigenvalue weighted by atomic mass is 16.5. The van der Waals surface area contributed by atoms with E-state index in [4.69, 9.17) is 4.74 Å². The molecule has 1 amide bonds. The average Bonchev–Trinajstić information content (AvgIpc) is 3.32. The maximum Gasteiger partial charge on any atom is 0.332 e. The first-order valence-electron chi connectivity index (χ1n) is 7.91. The van der Waals surface area contributed by atoms with Gasteiger partial charge in [-0.2, -0.15) is 0 Å². The average molecular weight is 328 g/mol. The molecular weight excluding hydrogens is 308 g/mol. The van der Waals surface area contributed by atoms with Gasteiger partial charge < -0.3 is 10.1 Å². The second-order valence-corrected chi connectivity index (χ2v) is 6.22. The van der Waals surface area contributed by atoms with Crippen molar-refractivity contribution in [2.75, 3.05) is 0 Å². The largest absolute Gasteiger partial charge is 0.457 e. The summed E-state index contributed by atoms with van der Waals surface area (Å²) < 4.78 is 7.00. The Hall–Kier alpha value is -2.70. The molecule has 1 aliphatic rings. The number of amides is 1. The Kier molecular flexibility index (Phi) is 4.33. The van der Waals surface area contributed by atoms with E-state index < -0.39 is 11.5 Å². The molecule has 1 saturated carbocycles. The molecule has 2 aromatic rings. The highest BCUT2D eigenvalue weighted by Crippen LogP contribution is 2.40. The number of hydrogen-bond donors (Lipinski definition) is 1. The molecule has 126 valence electrons. The van der Waals surface area contributed by atoms with Crippen molar-refractivity contribution >= 4 is 11.9 Å².